The summed E-state index contributed by atoms with van der Waals surface area (Å²) in [6.07, 6.45) is 0. The second-order valence-corrected chi connectivity index (χ2v) is 3.14. The van der Waals surface area contributed by atoms with Crippen LogP contribution in [0.3, 0.4) is 0 Å². The molecule has 2 nitrogen and oxygen atoms in total. The van der Waals surface area contributed by atoms with E-state index in [2.05, 4.69) is 9.97 Å². The van der Waals surface area contributed by atoms with Gasteiger partial charge in [-0.05, 0) is 0 Å². The monoisotopic (exact) mass is 254 g/mol. The molecule has 0 aliphatic carbocycles. The SMILES string of the molecule is Fc1nc2c(F)c(F)c(F)c(Cl)c2nc1F. The van der Waals surface area contributed by atoms with Crippen molar-refractivity contribution < 1.29 is 22.0 Å². The Hall–Kier alpha value is -1.50. The van der Waals surface area contributed by atoms with Crippen LogP contribution in [0.4, 0.5) is 22.0 Å². The largest absolute Gasteiger partial charge is 0.269 e. The van der Waals surface area contributed by atoms with E-state index in [9.17, 15) is 22.0 Å². The van der Waals surface area contributed by atoms with Gasteiger partial charge in [-0.1, -0.05) is 11.6 Å². The fraction of sp³-hybridized carbons (Fsp3) is 0. The topological polar surface area (TPSA) is 25.8 Å². The fourth-order valence-corrected chi connectivity index (χ4v) is 1.32. The maximum atomic E-state index is 13.1. The first-order valence-corrected chi connectivity index (χ1v) is 4.16. The van der Waals surface area contributed by atoms with Crippen molar-refractivity contribution in [3.8, 4) is 0 Å². The molecule has 0 saturated heterocycles. The van der Waals surface area contributed by atoms with Crippen molar-refractivity contribution in [2.45, 2.75) is 0 Å². The first-order valence-electron chi connectivity index (χ1n) is 3.78. The number of hydrogen-bond donors (Lipinski definition) is 0. The normalized spacial score (nSPS) is 11.1. The van der Waals surface area contributed by atoms with E-state index >= 15 is 0 Å². The van der Waals surface area contributed by atoms with Gasteiger partial charge in [0.15, 0.2) is 17.5 Å². The fourth-order valence-electron chi connectivity index (χ4n) is 1.10. The molecule has 1 aromatic carbocycles. The number of hydrogen-bond acceptors (Lipinski definition) is 2. The van der Waals surface area contributed by atoms with Gasteiger partial charge in [0.1, 0.15) is 16.1 Å². The highest BCUT2D eigenvalue weighted by Gasteiger charge is 2.23. The molecule has 1 heterocycles. The molecule has 16 heavy (non-hydrogen) atoms. The van der Waals surface area contributed by atoms with Gasteiger partial charge in [0.25, 0.3) is 11.9 Å². The van der Waals surface area contributed by atoms with Crippen molar-refractivity contribution in [3.05, 3.63) is 34.4 Å². The predicted octanol–water partition coefficient (Wildman–Crippen LogP) is 2.98. The van der Waals surface area contributed by atoms with Crippen LogP contribution in [-0.2, 0) is 0 Å². The third-order valence-electron chi connectivity index (χ3n) is 1.81. The summed E-state index contributed by atoms with van der Waals surface area (Å²) in [5.41, 5.74) is -1.75. The number of benzene rings is 1. The zero-order chi connectivity index (χ0) is 12.0. The van der Waals surface area contributed by atoms with Crippen molar-refractivity contribution >= 4 is 22.6 Å². The van der Waals surface area contributed by atoms with Crippen LogP contribution < -0.4 is 0 Å². The van der Waals surface area contributed by atoms with E-state index < -0.39 is 45.4 Å². The minimum atomic E-state index is -1.92. The van der Waals surface area contributed by atoms with E-state index in [4.69, 9.17) is 11.6 Å². The lowest BCUT2D eigenvalue weighted by Gasteiger charge is -2.04. The molecular formula is C8ClF5N2. The Kier molecular flexibility index (Phi) is 2.42. The Morgan fingerprint density at radius 1 is 0.688 bits per heavy atom. The van der Waals surface area contributed by atoms with Crippen molar-refractivity contribution in [2.24, 2.45) is 0 Å². The average Bonchev–Trinajstić information content (AvgIpc) is 2.26. The molecule has 0 atom stereocenters. The van der Waals surface area contributed by atoms with E-state index in [1.807, 2.05) is 0 Å². The van der Waals surface area contributed by atoms with Gasteiger partial charge in [0.05, 0.1) is 0 Å². The molecule has 0 radical (unpaired) electrons. The Morgan fingerprint density at radius 3 is 1.75 bits per heavy atom. The van der Waals surface area contributed by atoms with Crippen molar-refractivity contribution in [1.82, 2.24) is 9.97 Å². The molecule has 0 unspecified atom stereocenters. The molecule has 0 aliphatic heterocycles. The highest BCUT2D eigenvalue weighted by molar-refractivity contribution is 6.35. The highest BCUT2D eigenvalue weighted by atomic mass is 35.5. The molecule has 0 amide bonds. The van der Waals surface area contributed by atoms with E-state index in [-0.39, 0.29) is 0 Å². The molecule has 2 aromatic rings. The standard InChI is InChI=1S/C8ClF5N2/c9-1-2(10)3(11)4(12)6-5(1)15-7(13)8(14)16-6. The maximum absolute atomic E-state index is 13.1. The second kappa shape index (κ2) is 3.51. The zero-order valence-electron chi connectivity index (χ0n) is 7.16. The van der Waals surface area contributed by atoms with Gasteiger partial charge in [-0.2, -0.15) is 8.78 Å². The van der Waals surface area contributed by atoms with Crippen LogP contribution in [-0.4, -0.2) is 9.97 Å². The van der Waals surface area contributed by atoms with Crippen molar-refractivity contribution in [3.63, 3.8) is 0 Å². The number of rotatable bonds is 0. The molecule has 0 bridgehead atoms. The minimum Gasteiger partial charge on any atom is -0.212 e. The summed E-state index contributed by atoms with van der Waals surface area (Å²) in [6.45, 7) is 0. The Bertz CT molecular complexity index is 548. The summed E-state index contributed by atoms with van der Waals surface area (Å²) in [7, 11) is 0. The van der Waals surface area contributed by atoms with Gasteiger partial charge in [-0.15, -0.1) is 0 Å². The molecule has 2 rings (SSSR count). The summed E-state index contributed by atoms with van der Waals surface area (Å²) in [4.78, 5) is 5.62. The van der Waals surface area contributed by atoms with Crippen molar-refractivity contribution in [1.29, 1.82) is 0 Å². The molecule has 0 fully saturated rings. The van der Waals surface area contributed by atoms with Crippen LogP contribution in [0.25, 0.3) is 11.0 Å². The molecule has 84 valence electrons. The molecule has 0 saturated carbocycles. The van der Waals surface area contributed by atoms with E-state index in [0.717, 1.165) is 0 Å². The third-order valence-corrected chi connectivity index (χ3v) is 2.15. The van der Waals surface area contributed by atoms with E-state index in [1.54, 1.807) is 0 Å². The Balaban J connectivity index is 3.02. The lowest BCUT2D eigenvalue weighted by Crippen LogP contribution is -2.02. The van der Waals surface area contributed by atoms with Crippen LogP contribution in [0.2, 0.25) is 5.02 Å². The van der Waals surface area contributed by atoms with Crippen LogP contribution >= 0.6 is 11.6 Å². The van der Waals surface area contributed by atoms with Gasteiger partial charge in [0, 0.05) is 0 Å². The van der Waals surface area contributed by atoms with Crippen LogP contribution in [0.15, 0.2) is 0 Å². The highest BCUT2D eigenvalue weighted by Crippen LogP contribution is 2.29. The molecule has 0 N–H and O–H groups in total. The number of halogens is 6. The third kappa shape index (κ3) is 1.39. The molecular weight excluding hydrogens is 255 g/mol. The summed E-state index contributed by atoms with van der Waals surface area (Å²) in [5, 5.41) is -0.958. The van der Waals surface area contributed by atoms with Gasteiger partial charge in [-0.3, -0.25) is 0 Å². The van der Waals surface area contributed by atoms with Gasteiger partial charge >= 0.3 is 0 Å². The average molecular weight is 255 g/mol. The van der Waals surface area contributed by atoms with Gasteiger partial charge in [-0.25, -0.2) is 23.1 Å². The smallest absolute Gasteiger partial charge is 0.212 e. The maximum Gasteiger partial charge on any atom is 0.269 e. The molecule has 8 heteroatoms. The first kappa shape index (κ1) is 11.0. The number of fused-ring (bicyclic) bond motifs is 1. The lowest BCUT2D eigenvalue weighted by atomic mass is 10.2. The molecule has 0 aliphatic rings. The Labute approximate surface area is 89.7 Å². The minimum absolute atomic E-state index is 0.781. The molecule has 0 spiro atoms. The summed E-state index contributed by atoms with van der Waals surface area (Å²) in [6, 6.07) is 0. The summed E-state index contributed by atoms with van der Waals surface area (Å²) >= 11 is 5.25. The second-order valence-electron chi connectivity index (χ2n) is 2.76. The van der Waals surface area contributed by atoms with Gasteiger partial charge in [0.2, 0.25) is 0 Å². The summed E-state index contributed by atoms with van der Waals surface area (Å²) in [5.74, 6) is -8.83. The number of nitrogens with zero attached hydrogens (tertiary/aromatic N) is 2. The van der Waals surface area contributed by atoms with Crippen molar-refractivity contribution in [2.75, 3.05) is 0 Å². The Morgan fingerprint density at radius 2 is 1.19 bits per heavy atom. The van der Waals surface area contributed by atoms with Gasteiger partial charge < -0.3 is 0 Å². The molecule has 1 aromatic heterocycles. The summed E-state index contributed by atoms with van der Waals surface area (Å²) < 4.78 is 64.1. The van der Waals surface area contributed by atoms with E-state index in [0.29, 0.717) is 0 Å². The zero-order valence-corrected chi connectivity index (χ0v) is 7.92. The van der Waals surface area contributed by atoms with Crippen LogP contribution in [0, 0.1) is 29.3 Å². The lowest BCUT2D eigenvalue weighted by molar-refractivity contribution is 0.440. The predicted molar refractivity (Wildman–Crippen MR) is 44.3 cm³/mol. The van der Waals surface area contributed by atoms with E-state index in [1.165, 1.54) is 0 Å². The van der Waals surface area contributed by atoms with Crippen LogP contribution in [0.1, 0.15) is 0 Å². The quantitative estimate of drug-likeness (QED) is 0.410. The first-order chi connectivity index (χ1) is 7.43. The van der Waals surface area contributed by atoms with Crippen LogP contribution in [0.5, 0.6) is 0 Å². The number of aromatic nitrogens is 2.